The Labute approximate surface area is 153 Å². The standard InChI is InChI=1S/C17H14ClN3O3S/c1-11-7-13(21-24-11)10-25-16-14(3-2-6-19-16)17(22)23-9-12-4-5-15(18)20-8-12/h2-8H,9-10H2,1H3. The van der Waals surface area contributed by atoms with E-state index in [1.165, 1.54) is 11.8 Å². The van der Waals surface area contributed by atoms with Crippen LogP contribution in [0.2, 0.25) is 5.15 Å². The molecule has 3 heterocycles. The van der Waals surface area contributed by atoms with Crippen molar-refractivity contribution >= 4 is 29.3 Å². The first-order valence-corrected chi connectivity index (χ1v) is 8.76. The molecule has 0 atom stereocenters. The zero-order valence-corrected chi connectivity index (χ0v) is 14.9. The lowest BCUT2D eigenvalue weighted by atomic mass is 10.3. The number of esters is 1. The van der Waals surface area contributed by atoms with Crippen LogP contribution < -0.4 is 0 Å². The summed E-state index contributed by atoms with van der Waals surface area (Å²) in [6.45, 7) is 1.95. The SMILES string of the molecule is Cc1cc(CSc2ncccc2C(=O)OCc2ccc(Cl)nc2)no1. The molecule has 0 radical (unpaired) electrons. The second-order valence-electron chi connectivity index (χ2n) is 5.14. The van der Waals surface area contributed by atoms with E-state index in [9.17, 15) is 4.79 Å². The van der Waals surface area contributed by atoms with E-state index < -0.39 is 5.97 Å². The largest absolute Gasteiger partial charge is 0.457 e. The van der Waals surface area contributed by atoms with Crippen LogP contribution in [-0.4, -0.2) is 21.1 Å². The molecule has 0 aliphatic rings. The van der Waals surface area contributed by atoms with Gasteiger partial charge in [-0.25, -0.2) is 14.8 Å². The second kappa shape index (κ2) is 8.13. The van der Waals surface area contributed by atoms with Crippen LogP contribution in [0, 0.1) is 6.92 Å². The summed E-state index contributed by atoms with van der Waals surface area (Å²) in [6.07, 6.45) is 3.21. The average Bonchev–Trinajstić information content (AvgIpc) is 3.05. The number of carbonyl (C=O) groups is 1. The molecule has 8 heteroatoms. The van der Waals surface area contributed by atoms with Crippen molar-refractivity contribution in [3.63, 3.8) is 0 Å². The van der Waals surface area contributed by atoms with Gasteiger partial charge >= 0.3 is 5.97 Å². The molecule has 25 heavy (non-hydrogen) atoms. The molecule has 0 unspecified atom stereocenters. The first kappa shape index (κ1) is 17.4. The van der Waals surface area contributed by atoms with Gasteiger partial charge in [-0.2, -0.15) is 0 Å². The van der Waals surface area contributed by atoms with Crippen molar-refractivity contribution in [2.45, 2.75) is 24.3 Å². The van der Waals surface area contributed by atoms with Gasteiger partial charge in [0.05, 0.1) is 11.3 Å². The number of carbonyl (C=O) groups excluding carboxylic acids is 1. The summed E-state index contributed by atoms with van der Waals surface area (Å²) in [5.74, 6) is 0.852. The van der Waals surface area contributed by atoms with Crippen LogP contribution in [0.1, 0.15) is 27.4 Å². The van der Waals surface area contributed by atoms with E-state index in [-0.39, 0.29) is 6.61 Å². The lowest BCUT2D eigenvalue weighted by Crippen LogP contribution is -2.07. The minimum absolute atomic E-state index is 0.116. The third kappa shape index (κ3) is 4.80. The molecule has 0 saturated carbocycles. The maximum Gasteiger partial charge on any atom is 0.341 e. The summed E-state index contributed by atoms with van der Waals surface area (Å²) >= 11 is 7.14. The van der Waals surface area contributed by atoms with E-state index in [1.54, 1.807) is 36.7 Å². The van der Waals surface area contributed by atoms with Crippen molar-refractivity contribution in [1.29, 1.82) is 0 Å². The number of thioether (sulfide) groups is 1. The molecule has 0 N–H and O–H groups in total. The molecule has 128 valence electrons. The van der Waals surface area contributed by atoms with Gasteiger partial charge < -0.3 is 9.26 Å². The summed E-state index contributed by atoms with van der Waals surface area (Å²) in [5, 5.41) is 4.91. The Morgan fingerprint density at radius 3 is 2.92 bits per heavy atom. The number of nitrogens with zero attached hydrogens (tertiary/aromatic N) is 3. The maximum atomic E-state index is 12.4. The summed E-state index contributed by atoms with van der Waals surface area (Å²) < 4.78 is 10.4. The first-order chi connectivity index (χ1) is 12.1. The molecule has 3 aromatic heterocycles. The highest BCUT2D eigenvalue weighted by atomic mass is 35.5. The molecule has 0 aliphatic carbocycles. The highest BCUT2D eigenvalue weighted by Crippen LogP contribution is 2.24. The fourth-order valence-corrected chi connectivity index (χ4v) is 2.98. The van der Waals surface area contributed by atoms with Crippen LogP contribution in [0.4, 0.5) is 0 Å². The first-order valence-electron chi connectivity index (χ1n) is 7.39. The summed E-state index contributed by atoms with van der Waals surface area (Å²) in [6, 6.07) is 8.64. The Morgan fingerprint density at radius 1 is 1.32 bits per heavy atom. The number of aryl methyl sites for hydroxylation is 1. The Kier molecular flexibility index (Phi) is 5.67. The molecule has 0 aliphatic heterocycles. The second-order valence-corrected chi connectivity index (χ2v) is 6.49. The molecule has 0 aromatic carbocycles. The molecule has 0 bridgehead atoms. The maximum absolute atomic E-state index is 12.4. The van der Waals surface area contributed by atoms with Crippen molar-refractivity contribution in [3.05, 3.63) is 70.5 Å². The van der Waals surface area contributed by atoms with E-state index in [2.05, 4.69) is 15.1 Å². The fourth-order valence-electron chi connectivity index (χ4n) is 2.01. The van der Waals surface area contributed by atoms with Gasteiger partial charge in [0.15, 0.2) is 0 Å². The minimum Gasteiger partial charge on any atom is -0.457 e. The van der Waals surface area contributed by atoms with Crippen LogP contribution in [0.3, 0.4) is 0 Å². The quantitative estimate of drug-likeness (QED) is 0.365. The summed E-state index contributed by atoms with van der Waals surface area (Å²) in [7, 11) is 0. The van der Waals surface area contributed by atoms with E-state index in [0.29, 0.717) is 21.5 Å². The smallest absolute Gasteiger partial charge is 0.341 e. The number of rotatable bonds is 6. The van der Waals surface area contributed by atoms with E-state index in [4.69, 9.17) is 20.9 Å². The molecule has 3 aromatic rings. The molecular formula is C17H14ClN3O3S. The number of pyridine rings is 2. The summed E-state index contributed by atoms with van der Waals surface area (Å²) in [5.41, 5.74) is 1.96. The van der Waals surface area contributed by atoms with Gasteiger partial charge in [0.2, 0.25) is 0 Å². The van der Waals surface area contributed by atoms with Gasteiger partial charge in [0.1, 0.15) is 22.5 Å². The van der Waals surface area contributed by atoms with Gasteiger partial charge in [-0.15, -0.1) is 0 Å². The molecule has 0 amide bonds. The molecule has 0 saturated heterocycles. The Hall–Kier alpha value is -2.38. The number of ether oxygens (including phenoxy) is 1. The van der Waals surface area contributed by atoms with Gasteiger partial charge in [-0.05, 0) is 25.1 Å². The van der Waals surface area contributed by atoms with Crippen LogP contribution in [0.5, 0.6) is 0 Å². The van der Waals surface area contributed by atoms with E-state index >= 15 is 0 Å². The van der Waals surface area contributed by atoms with E-state index in [0.717, 1.165) is 17.0 Å². The van der Waals surface area contributed by atoms with Crippen LogP contribution in [0.25, 0.3) is 0 Å². The Morgan fingerprint density at radius 2 is 2.20 bits per heavy atom. The van der Waals surface area contributed by atoms with Crippen molar-refractivity contribution in [1.82, 2.24) is 15.1 Å². The molecule has 6 nitrogen and oxygen atoms in total. The molecule has 3 rings (SSSR count). The van der Waals surface area contributed by atoms with Crippen molar-refractivity contribution in [2.24, 2.45) is 0 Å². The molecular weight excluding hydrogens is 362 g/mol. The monoisotopic (exact) mass is 375 g/mol. The highest BCUT2D eigenvalue weighted by Gasteiger charge is 2.15. The Bertz CT molecular complexity index is 868. The van der Waals surface area contributed by atoms with Crippen LogP contribution in [0.15, 0.2) is 52.3 Å². The zero-order valence-electron chi connectivity index (χ0n) is 13.3. The van der Waals surface area contributed by atoms with Crippen molar-refractivity contribution < 1.29 is 14.1 Å². The predicted molar refractivity (Wildman–Crippen MR) is 93.4 cm³/mol. The third-order valence-corrected chi connectivity index (χ3v) is 4.45. The topological polar surface area (TPSA) is 78.1 Å². The average molecular weight is 376 g/mol. The minimum atomic E-state index is -0.443. The van der Waals surface area contributed by atoms with Gasteiger partial charge in [-0.3, -0.25) is 0 Å². The van der Waals surface area contributed by atoms with Gasteiger partial charge in [0, 0.05) is 29.8 Å². The molecule has 0 fully saturated rings. The predicted octanol–water partition coefficient (Wildman–Crippen LogP) is 4.08. The van der Waals surface area contributed by atoms with Crippen LogP contribution in [-0.2, 0) is 17.1 Å². The zero-order chi connectivity index (χ0) is 17.6. The van der Waals surface area contributed by atoms with Gasteiger partial charge in [0.25, 0.3) is 0 Å². The van der Waals surface area contributed by atoms with Crippen molar-refractivity contribution in [3.8, 4) is 0 Å². The highest BCUT2D eigenvalue weighted by molar-refractivity contribution is 7.98. The van der Waals surface area contributed by atoms with Crippen molar-refractivity contribution in [2.75, 3.05) is 0 Å². The van der Waals surface area contributed by atoms with Gasteiger partial charge in [-0.1, -0.05) is 34.6 Å². The Balaban J connectivity index is 1.64. The normalized spacial score (nSPS) is 10.6. The number of halogens is 1. The van der Waals surface area contributed by atoms with Crippen LogP contribution >= 0.6 is 23.4 Å². The number of aromatic nitrogens is 3. The fraction of sp³-hybridized carbons (Fsp3) is 0.176. The lowest BCUT2D eigenvalue weighted by Gasteiger charge is -2.08. The number of hydrogen-bond donors (Lipinski definition) is 0. The number of hydrogen-bond acceptors (Lipinski definition) is 7. The summed E-state index contributed by atoms with van der Waals surface area (Å²) in [4.78, 5) is 20.6. The lowest BCUT2D eigenvalue weighted by molar-refractivity contribution is 0.0467. The third-order valence-electron chi connectivity index (χ3n) is 3.18. The molecule has 0 spiro atoms. The van der Waals surface area contributed by atoms with E-state index in [1.807, 2.05) is 13.0 Å².